The van der Waals surface area contributed by atoms with E-state index in [9.17, 15) is 0 Å². The standard InChI is InChI=1S/C6H5.3C2H4O2.C2H5.BrH.Pb/c1-2-4-6-5-3-1;3*1-2(3)4;1-2;;/h1-5H;3*1H3,(H,3,4);1H2,2H3;1H;/q;;;;;;+1/p-1. The Balaban J connectivity index is -0.000000253. The van der Waals surface area contributed by atoms with Gasteiger partial charge in [0.05, 0.1) is 0 Å². The van der Waals surface area contributed by atoms with Gasteiger partial charge in [0, 0.05) is 20.8 Å². The van der Waals surface area contributed by atoms with E-state index in [0.717, 1.165) is 20.8 Å². The van der Waals surface area contributed by atoms with Crippen molar-refractivity contribution in [2.75, 3.05) is 0 Å². The molecular weight excluding hydrogens is 551 g/mol. The molecule has 1 aromatic carbocycles. The number of carboxylic acid groups (broad SMARTS) is 3. The number of benzene rings is 1. The summed E-state index contributed by atoms with van der Waals surface area (Å²) >= 11 is 2.40. The molecule has 6 nitrogen and oxygen atoms in total. The molecule has 0 heterocycles. The first-order chi connectivity index (χ1) is 10.0. The molecule has 0 aliphatic carbocycles. The van der Waals surface area contributed by atoms with Crippen molar-refractivity contribution in [1.82, 2.24) is 0 Å². The zero-order chi connectivity index (χ0) is 18.1. The summed E-state index contributed by atoms with van der Waals surface area (Å²) < 4.78 is 2.93. The Labute approximate surface area is 144 Å². The quantitative estimate of drug-likeness (QED) is 0.470. The fourth-order valence-electron chi connectivity index (χ4n) is 0.823. The summed E-state index contributed by atoms with van der Waals surface area (Å²) in [7, 11) is 0. The van der Waals surface area contributed by atoms with Gasteiger partial charge in [-0.25, -0.2) is 0 Å². The van der Waals surface area contributed by atoms with E-state index in [-0.39, 0.29) is 0 Å². The van der Waals surface area contributed by atoms with Gasteiger partial charge in [0.2, 0.25) is 0 Å². The van der Waals surface area contributed by atoms with Crippen molar-refractivity contribution in [3.8, 4) is 0 Å². The molecule has 0 aromatic heterocycles. The van der Waals surface area contributed by atoms with E-state index in [1.807, 2.05) is 0 Å². The third-order valence-corrected chi connectivity index (χ3v) is 16.5. The SMILES string of the molecule is CC(=O)O.CC(=O)O.CC(=O)O.C[CH2][Pb]([Br])[c]1ccccc1. The molecule has 22 heavy (non-hydrogen) atoms. The topological polar surface area (TPSA) is 112 Å². The fraction of sp³-hybridized carbons (Fsp3) is 0.357. The van der Waals surface area contributed by atoms with Crippen LogP contribution < -0.4 is 3.12 Å². The van der Waals surface area contributed by atoms with Crippen molar-refractivity contribution in [1.29, 1.82) is 0 Å². The molecule has 0 aliphatic rings. The number of hydrogen-bond donors (Lipinski definition) is 3. The first kappa shape index (κ1) is 26.0. The fourth-order valence-corrected chi connectivity index (χ4v) is 6.88. The Morgan fingerprint density at radius 1 is 0.909 bits per heavy atom. The average Bonchev–Trinajstić information content (AvgIpc) is 2.37. The van der Waals surface area contributed by atoms with Gasteiger partial charge in [-0.3, -0.25) is 14.4 Å². The molecule has 0 fully saturated rings. The molecule has 1 radical (unpaired) electrons. The van der Waals surface area contributed by atoms with Gasteiger partial charge in [-0.1, -0.05) is 0 Å². The molecule has 8 heteroatoms. The second-order valence-corrected chi connectivity index (χ2v) is 20.2. The molecule has 0 bridgehead atoms. The summed E-state index contributed by atoms with van der Waals surface area (Å²) in [4.78, 5) is 27.0. The third kappa shape index (κ3) is 36.4. The molecule has 3 N–H and O–H groups in total. The first-order valence-corrected chi connectivity index (χ1v) is 19.3. The van der Waals surface area contributed by atoms with E-state index in [0.29, 0.717) is 0 Å². The van der Waals surface area contributed by atoms with Gasteiger partial charge >= 0.3 is 76.6 Å². The van der Waals surface area contributed by atoms with E-state index >= 15 is 0 Å². The summed E-state index contributed by atoms with van der Waals surface area (Å²) in [6.45, 7) is 5.52. The predicted molar refractivity (Wildman–Crippen MR) is 91.2 cm³/mol. The normalized spacial score (nSPS) is 8.09. The number of carboxylic acids is 3. The van der Waals surface area contributed by atoms with Crippen LogP contribution in [0, 0.1) is 0 Å². The summed E-state index contributed by atoms with van der Waals surface area (Å²) in [5.74, 6) is -2.50. The number of hydrogen-bond acceptors (Lipinski definition) is 3. The summed E-state index contributed by atoms with van der Waals surface area (Å²) in [5.41, 5.74) is 0. The number of carbonyl (C=O) groups is 3. The van der Waals surface area contributed by atoms with Crippen LogP contribution in [0.1, 0.15) is 27.7 Å². The second-order valence-electron chi connectivity index (χ2n) is 3.68. The van der Waals surface area contributed by atoms with E-state index < -0.39 is 38.2 Å². The van der Waals surface area contributed by atoms with Crippen LogP contribution in [0.25, 0.3) is 0 Å². The van der Waals surface area contributed by atoms with Gasteiger partial charge in [0.1, 0.15) is 0 Å². The zero-order valence-corrected chi connectivity index (χ0v) is 18.5. The van der Waals surface area contributed by atoms with E-state index in [2.05, 4.69) is 49.2 Å². The van der Waals surface area contributed by atoms with E-state index in [4.69, 9.17) is 29.7 Å². The molecule has 125 valence electrons. The molecule has 0 saturated carbocycles. The van der Waals surface area contributed by atoms with Crippen molar-refractivity contribution in [2.45, 2.75) is 31.7 Å². The Hall–Kier alpha value is -0.968. The van der Waals surface area contributed by atoms with Crippen molar-refractivity contribution in [3.63, 3.8) is 0 Å². The van der Waals surface area contributed by atoms with Crippen molar-refractivity contribution in [2.24, 2.45) is 0 Å². The molecule has 0 saturated heterocycles. The van der Waals surface area contributed by atoms with Gasteiger partial charge in [-0.05, 0) is 0 Å². The van der Waals surface area contributed by atoms with Crippen molar-refractivity contribution in [3.05, 3.63) is 30.3 Å². The van der Waals surface area contributed by atoms with Crippen LogP contribution in [0.3, 0.4) is 0 Å². The van der Waals surface area contributed by atoms with Gasteiger partial charge in [-0.15, -0.1) is 0 Å². The predicted octanol–water partition coefficient (Wildman–Crippen LogP) is 2.57. The summed E-state index contributed by atoms with van der Waals surface area (Å²) in [6.07, 6.45) is 0. The van der Waals surface area contributed by atoms with Gasteiger partial charge in [0.15, 0.2) is 0 Å². The minimum absolute atomic E-state index is 0.833. The molecule has 0 atom stereocenters. The molecular formula is C14H22BrO6Pb. The van der Waals surface area contributed by atoms with E-state index in [1.165, 1.54) is 3.98 Å². The van der Waals surface area contributed by atoms with Gasteiger partial charge in [-0.2, -0.15) is 0 Å². The van der Waals surface area contributed by atoms with Crippen molar-refractivity contribution >= 4 is 53.3 Å². The molecule has 0 aliphatic heterocycles. The van der Waals surface area contributed by atoms with Crippen LogP contribution in [0.2, 0.25) is 3.98 Å². The Morgan fingerprint density at radius 2 is 1.18 bits per heavy atom. The molecule has 0 unspecified atom stereocenters. The number of rotatable bonds is 2. The number of halogens is 1. The average molecular weight is 573 g/mol. The monoisotopic (exact) mass is 573 g/mol. The van der Waals surface area contributed by atoms with Crippen molar-refractivity contribution < 1.29 is 29.7 Å². The summed E-state index contributed by atoms with van der Waals surface area (Å²) in [5, 5.41) is 22.2. The third-order valence-electron chi connectivity index (χ3n) is 1.40. The van der Waals surface area contributed by atoms with Crippen LogP contribution >= 0.6 is 12.0 Å². The molecule has 1 aromatic rings. The Kier molecular flexibility index (Phi) is 21.3. The molecule has 1 rings (SSSR count). The Morgan fingerprint density at radius 3 is 1.41 bits per heavy atom. The van der Waals surface area contributed by atoms with E-state index in [1.54, 1.807) is 3.12 Å². The maximum atomic E-state index is 9.00. The number of aliphatic carboxylic acids is 3. The van der Waals surface area contributed by atoms with Crippen LogP contribution in [-0.2, 0) is 14.4 Å². The zero-order valence-electron chi connectivity index (χ0n) is 13.0. The Bertz CT molecular complexity index is 384. The van der Waals surface area contributed by atoms with Crippen LogP contribution in [0.15, 0.2) is 30.3 Å². The van der Waals surface area contributed by atoms with Crippen LogP contribution in [0.4, 0.5) is 0 Å². The second kappa shape index (κ2) is 18.1. The molecule has 0 spiro atoms. The van der Waals surface area contributed by atoms with Gasteiger partial charge < -0.3 is 15.3 Å². The first-order valence-electron chi connectivity index (χ1n) is 6.19. The van der Waals surface area contributed by atoms with Crippen LogP contribution in [-0.4, -0.2) is 53.5 Å². The summed E-state index contributed by atoms with van der Waals surface area (Å²) in [6, 6.07) is 10.8. The van der Waals surface area contributed by atoms with Crippen LogP contribution in [0.5, 0.6) is 0 Å². The molecule has 0 amide bonds. The van der Waals surface area contributed by atoms with Gasteiger partial charge in [0.25, 0.3) is 17.9 Å². The minimum atomic E-state index is -1.39. The maximum absolute atomic E-state index is 9.00.